The highest BCUT2D eigenvalue weighted by Crippen LogP contribution is 2.34. The Hall–Kier alpha value is -3.16. The van der Waals surface area contributed by atoms with E-state index < -0.39 is 29.2 Å². The second kappa shape index (κ2) is 11.1. The minimum atomic E-state index is -1.10. The van der Waals surface area contributed by atoms with E-state index in [1.54, 1.807) is 13.0 Å². The molecule has 7 heteroatoms. The third-order valence-electron chi connectivity index (χ3n) is 5.92. The van der Waals surface area contributed by atoms with Crippen molar-refractivity contribution < 1.29 is 31.8 Å². The lowest BCUT2D eigenvalue weighted by Crippen LogP contribution is -2.29. The molecule has 3 aromatic carbocycles. The summed E-state index contributed by atoms with van der Waals surface area (Å²) < 4.78 is 74.9. The molecule has 0 radical (unpaired) electrons. The van der Waals surface area contributed by atoms with Crippen LogP contribution in [0.4, 0.5) is 17.6 Å². The fourth-order valence-corrected chi connectivity index (χ4v) is 3.91. The van der Waals surface area contributed by atoms with Crippen LogP contribution >= 0.6 is 0 Å². The first-order valence-electron chi connectivity index (χ1n) is 11.5. The van der Waals surface area contributed by atoms with E-state index in [0.717, 1.165) is 12.8 Å². The zero-order valence-corrected chi connectivity index (χ0v) is 19.5. The first-order chi connectivity index (χ1) is 16.9. The van der Waals surface area contributed by atoms with Crippen LogP contribution in [0.15, 0.2) is 60.9 Å². The van der Waals surface area contributed by atoms with E-state index in [0.29, 0.717) is 11.1 Å². The van der Waals surface area contributed by atoms with Gasteiger partial charge in [0.15, 0.2) is 29.5 Å². The summed E-state index contributed by atoms with van der Waals surface area (Å²) in [4.78, 5) is 0. The highest BCUT2D eigenvalue weighted by molar-refractivity contribution is 5.72. The summed E-state index contributed by atoms with van der Waals surface area (Å²) in [5, 5.41) is 0. The monoisotopic (exact) mass is 486 g/mol. The summed E-state index contributed by atoms with van der Waals surface area (Å²) in [5.74, 6) is -4.69. The predicted molar refractivity (Wildman–Crippen MR) is 126 cm³/mol. The molecule has 3 nitrogen and oxygen atoms in total. The molecule has 0 atom stereocenters. The second-order valence-corrected chi connectivity index (χ2v) is 8.36. The van der Waals surface area contributed by atoms with E-state index in [4.69, 9.17) is 14.2 Å². The highest BCUT2D eigenvalue weighted by Gasteiger charge is 2.26. The van der Waals surface area contributed by atoms with Crippen molar-refractivity contribution in [1.82, 2.24) is 0 Å². The second-order valence-electron chi connectivity index (χ2n) is 8.36. The van der Waals surface area contributed by atoms with E-state index in [9.17, 15) is 17.6 Å². The molecule has 0 amide bonds. The summed E-state index contributed by atoms with van der Waals surface area (Å²) >= 11 is 0. The minimum absolute atomic E-state index is 0.0347. The van der Waals surface area contributed by atoms with Gasteiger partial charge in [0.25, 0.3) is 0 Å². The van der Waals surface area contributed by atoms with Crippen molar-refractivity contribution in [3.05, 3.63) is 89.7 Å². The Morgan fingerprint density at radius 2 is 1.37 bits per heavy atom. The number of halogens is 4. The maximum Gasteiger partial charge on any atom is 0.201 e. The lowest BCUT2D eigenvalue weighted by Gasteiger charge is -2.28. The van der Waals surface area contributed by atoms with E-state index in [1.807, 2.05) is 6.92 Å². The number of hydrogen-bond donors (Lipinski definition) is 0. The summed E-state index contributed by atoms with van der Waals surface area (Å²) in [6.45, 7) is 4.22. The topological polar surface area (TPSA) is 27.7 Å². The quantitative estimate of drug-likeness (QED) is 0.252. The zero-order chi connectivity index (χ0) is 24.9. The molecule has 184 valence electrons. The molecular formula is C28H26F4O3. The SMILES string of the molecule is CCC/C=C\Oc1ccc(-c2ccc(-c3ccc(C4COC(C)OC4)c(F)c3F)cc2)c(F)c1F. The van der Waals surface area contributed by atoms with E-state index in [-0.39, 0.29) is 41.9 Å². The molecule has 1 heterocycles. The smallest absolute Gasteiger partial charge is 0.201 e. The van der Waals surface area contributed by atoms with Gasteiger partial charge in [-0.05, 0) is 48.2 Å². The Morgan fingerprint density at radius 1 is 0.800 bits per heavy atom. The summed E-state index contributed by atoms with van der Waals surface area (Å²) in [6, 6.07) is 11.9. The van der Waals surface area contributed by atoms with Crippen molar-refractivity contribution in [3.63, 3.8) is 0 Å². The van der Waals surface area contributed by atoms with Gasteiger partial charge in [0.1, 0.15) is 0 Å². The van der Waals surface area contributed by atoms with Crippen molar-refractivity contribution in [1.29, 1.82) is 0 Å². The lowest BCUT2D eigenvalue weighted by atomic mass is 9.94. The molecule has 35 heavy (non-hydrogen) atoms. The van der Waals surface area contributed by atoms with Gasteiger partial charge in [-0.2, -0.15) is 4.39 Å². The summed E-state index contributed by atoms with van der Waals surface area (Å²) in [6.07, 6.45) is 4.38. The molecular weight excluding hydrogens is 460 g/mol. The molecule has 1 fully saturated rings. The maximum atomic E-state index is 14.9. The Kier molecular flexibility index (Phi) is 7.88. The average molecular weight is 487 g/mol. The molecule has 0 N–H and O–H groups in total. The fourth-order valence-electron chi connectivity index (χ4n) is 3.91. The van der Waals surface area contributed by atoms with Gasteiger partial charge in [-0.25, -0.2) is 13.2 Å². The molecule has 0 aliphatic carbocycles. The third-order valence-corrected chi connectivity index (χ3v) is 5.92. The van der Waals surface area contributed by atoms with Gasteiger partial charge in [0.05, 0.1) is 19.5 Å². The molecule has 0 spiro atoms. The molecule has 0 bridgehead atoms. The number of unbranched alkanes of at least 4 members (excludes halogenated alkanes) is 1. The molecule has 0 saturated carbocycles. The van der Waals surface area contributed by atoms with Crippen LogP contribution in [0.3, 0.4) is 0 Å². The first-order valence-corrected chi connectivity index (χ1v) is 11.5. The number of benzene rings is 3. The van der Waals surface area contributed by atoms with Gasteiger partial charge in [-0.1, -0.05) is 49.7 Å². The molecule has 1 aliphatic rings. The van der Waals surface area contributed by atoms with Crippen molar-refractivity contribution in [3.8, 4) is 28.0 Å². The van der Waals surface area contributed by atoms with Crippen molar-refractivity contribution in [2.24, 2.45) is 0 Å². The van der Waals surface area contributed by atoms with Crippen LogP contribution < -0.4 is 4.74 Å². The molecule has 0 unspecified atom stereocenters. The molecule has 1 saturated heterocycles. The molecule has 1 aliphatic heterocycles. The summed E-state index contributed by atoms with van der Waals surface area (Å²) in [5.41, 5.74) is 1.09. The largest absolute Gasteiger partial charge is 0.462 e. The first kappa shape index (κ1) is 24.9. The fraction of sp³-hybridized carbons (Fsp3) is 0.286. The zero-order valence-electron chi connectivity index (χ0n) is 19.5. The molecule has 0 aromatic heterocycles. The van der Waals surface area contributed by atoms with Crippen LogP contribution in [0.5, 0.6) is 5.75 Å². The minimum Gasteiger partial charge on any atom is -0.462 e. The van der Waals surface area contributed by atoms with Crippen molar-refractivity contribution in [2.45, 2.75) is 38.9 Å². The number of rotatable bonds is 7. The van der Waals surface area contributed by atoms with Gasteiger partial charge in [0, 0.05) is 17.0 Å². The van der Waals surface area contributed by atoms with Crippen molar-refractivity contribution >= 4 is 0 Å². The highest BCUT2D eigenvalue weighted by atomic mass is 19.2. The van der Waals surface area contributed by atoms with Crippen LogP contribution in [0.25, 0.3) is 22.3 Å². The van der Waals surface area contributed by atoms with Gasteiger partial charge in [0.2, 0.25) is 5.82 Å². The molecule has 4 rings (SSSR count). The van der Waals surface area contributed by atoms with Gasteiger partial charge < -0.3 is 14.2 Å². The Balaban J connectivity index is 1.55. The molecule has 3 aromatic rings. The average Bonchev–Trinajstić information content (AvgIpc) is 2.87. The Morgan fingerprint density at radius 3 is 1.97 bits per heavy atom. The maximum absolute atomic E-state index is 14.9. The van der Waals surface area contributed by atoms with Gasteiger partial charge in [-0.15, -0.1) is 0 Å². The van der Waals surface area contributed by atoms with Crippen LogP contribution in [-0.4, -0.2) is 19.5 Å². The standard InChI is InChI=1S/C28H26F4O3/c1-3-4-5-14-33-24-13-12-22(27(31)28(24)32)19-8-6-18(7-9-19)21-10-11-23(26(30)25(21)29)20-15-34-17(2)35-16-20/h5-14,17,20H,3-4,15-16H2,1-2H3/b14-5-. The van der Waals surface area contributed by atoms with Crippen molar-refractivity contribution in [2.75, 3.05) is 13.2 Å². The van der Waals surface area contributed by atoms with Crippen LogP contribution in [0, 0.1) is 23.3 Å². The number of hydrogen-bond acceptors (Lipinski definition) is 3. The number of ether oxygens (including phenoxy) is 3. The van der Waals surface area contributed by atoms with E-state index in [2.05, 4.69) is 0 Å². The Labute approximate surface area is 202 Å². The van der Waals surface area contributed by atoms with E-state index >= 15 is 0 Å². The lowest BCUT2D eigenvalue weighted by molar-refractivity contribution is -0.176. The van der Waals surface area contributed by atoms with Crippen LogP contribution in [-0.2, 0) is 9.47 Å². The number of allylic oxidation sites excluding steroid dienone is 1. The third kappa shape index (κ3) is 5.41. The van der Waals surface area contributed by atoms with Gasteiger partial charge >= 0.3 is 0 Å². The van der Waals surface area contributed by atoms with E-state index in [1.165, 1.54) is 54.8 Å². The normalized spacial score (nSPS) is 18.2. The Bertz CT molecular complexity index is 1200. The van der Waals surface area contributed by atoms with Gasteiger partial charge in [-0.3, -0.25) is 0 Å². The summed E-state index contributed by atoms with van der Waals surface area (Å²) in [7, 11) is 0. The van der Waals surface area contributed by atoms with Crippen LogP contribution in [0.1, 0.15) is 38.2 Å². The van der Waals surface area contributed by atoms with Crippen LogP contribution in [0.2, 0.25) is 0 Å². The predicted octanol–water partition coefficient (Wildman–Crippen LogP) is 7.75.